The molecule has 10 aliphatic rings. The fraction of sp³-hybridized carbons (Fsp3) is 0.960. The SMILES string of the molecule is N[C@H]1[C@H](OC[C@@H](O)[C@@H](N)[C@H](O)[C@@H](O)CO)O[C@H](CO[C@]2(C(=O)O)C[C@@H](O[C@]3(C(=O)O)C[C@@H](O)[C@@H](O)[C@@H]([C@H](O)CO)O3)[C@@H](O[C@H]3O[C@H]([C@@H](O)CO)[C@@H](O[C@@H]4O[C@H](CO)[C@@H](O)[C@H](O)[C@H]4O)[C@H](O[C@H]4O[C@H]([C@@H](O)CO[C@H]5O[C@H]([C@@H](O)CO)[C@@H](O)[C@H](O)[C@@H]5O)[C@@H](O)[C@H](O[C@H]5O[C@H](C(=O)O)[C@H](O)[C@H](O)[C@H]5O[C@H]5O[C@H]([C@H](O)CO)[C@@H](O)[C@H](O)[C@@H]5O[C@H]5O[C@H]([C@@H](O)CO)[C@@H](O)[C@H](O)[C@@H]5O)[C@@H]4O)[C@@H]3O)[C@@H]([C@H](O)CO)O2)[C@@H](O)[C@@H]1O. The Labute approximate surface area is 792 Å². The number of aliphatic hydroxyl groups excluding tert-OH is 38. The van der Waals surface area contributed by atoms with Crippen LogP contribution in [0.2, 0.25) is 0 Å². The molecule has 0 aromatic carbocycles. The molecule has 0 bridgehead atoms. The van der Waals surface area contributed by atoms with Crippen molar-refractivity contribution in [3.05, 3.63) is 0 Å². The van der Waals surface area contributed by atoms with Crippen molar-refractivity contribution in [1.29, 1.82) is 0 Å². The molecule has 66 heteroatoms. The van der Waals surface area contributed by atoms with Crippen LogP contribution in [0.5, 0.6) is 0 Å². The van der Waals surface area contributed by atoms with Crippen LogP contribution in [0.25, 0.3) is 0 Å². The monoisotopic (exact) mass is 2080 g/mol. The molecule has 0 unspecified atom stereocenters. The van der Waals surface area contributed by atoms with Crippen LogP contribution in [0.15, 0.2) is 0 Å². The molecule has 10 aliphatic heterocycles. The Morgan fingerprint density at radius 1 is 0.319 bits per heavy atom. The molecule has 10 heterocycles. The van der Waals surface area contributed by atoms with Gasteiger partial charge in [-0.15, -0.1) is 0 Å². The fourth-order valence-corrected chi connectivity index (χ4v) is 17.3. The van der Waals surface area contributed by atoms with Crippen LogP contribution in [0, 0.1) is 0 Å². The first-order valence-electron chi connectivity index (χ1n) is 43.8. The molecular formula is C75H128N2O64. The normalized spacial score (nSPS) is 47.3. The van der Waals surface area contributed by atoms with Crippen molar-refractivity contribution >= 4 is 17.9 Å². The second-order valence-corrected chi connectivity index (χ2v) is 35.2. The highest BCUT2D eigenvalue weighted by atomic mass is 16.8. The molecule has 0 aliphatic carbocycles. The first kappa shape index (κ1) is 119. The summed E-state index contributed by atoms with van der Waals surface area (Å²) in [4.78, 5) is 41.4. The van der Waals surface area contributed by atoms with Crippen molar-refractivity contribution in [1.82, 2.24) is 0 Å². The van der Waals surface area contributed by atoms with Crippen LogP contribution in [0.4, 0.5) is 0 Å². The number of carboxylic acid groups (broad SMARTS) is 3. The molecule has 10 saturated heterocycles. The largest absolute Gasteiger partial charge is 0.479 e. The third-order valence-electron chi connectivity index (χ3n) is 25.6. The van der Waals surface area contributed by atoms with Crippen molar-refractivity contribution in [2.75, 3.05) is 72.7 Å². The van der Waals surface area contributed by atoms with Gasteiger partial charge in [-0.25, -0.2) is 14.4 Å². The summed E-state index contributed by atoms with van der Waals surface area (Å²) in [5.74, 6) is -14.6. The molecule has 141 heavy (non-hydrogen) atoms. The zero-order valence-electron chi connectivity index (χ0n) is 73.5. The van der Waals surface area contributed by atoms with E-state index in [0.29, 0.717) is 0 Å². The van der Waals surface area contributed by atoms with Gasteiger partial charge in [0.25, 0.3) is 11.6 Å². The van der Waals surface area contributed by atoms with E-state index in [1.807, 2.05) is 0 Å². The van der Waals surface area contributed by atoms with Crippen molar-refractivity contribution in [3.63, 3.8) is 0 Å². The number of nitrogens with two attached hydrogens (primary N) is 2. The lowest BCUT2D eigenvalue weighted by Gasteiger charge is -2.53. The van der Waals surface area contributed by atoms with Gasteiger partial charge in [0.15, 0.2) is 56.4 Å². The van der Waals surface area contributed by atoms with E-state index < -0.39 is 464 Å². The molecule has 66 nitrogen and oxygen atoms in total. The third-order valence-corrected chi connectivity index (χ3v) is 25.6. The summed E-state index contributed by atoms with van der Waals surface area (Å²) in [6.07, 6.45) is -145. The van der Waals surface area contributed by atoms with Crippen LogP contribution in [-0.4, -0.2) is 661 Å². The number of hydrogen-bond donors (Lipinski definition) is 43. The zero-order chi connectivity index (χ0) is 105. The number of aliphatic hydroxyl groups is 38. The number of aliphatic carboxylic acids is 3. The lowest BCUT2D eigenvalue weighted by Crippen LogP contribution is -2.71. The molecule has 10 fully saturated rings. The molecule has 0 amide bonds. The molecule has 0 aromatic heterocycles. The van der Waals surface area contributed by atoms with Crippen molar-refractivity contribution in [2.45, 2.75) is 374 Å². The van der Waals surface area contributed by atoms with Gasteiger partial charge >= 0.3 is 17.9 Å². The second kappa shape index (κ2) is 50.8. The Hall–Kier alpha value is -3.99. The topological polar surface area (TPSA) is 1120 Å². The van der Waals surface area contributed by atoms with Crippen LogP contribution in [-0.2, 0) is 109 Å². The van der Waals surface area contributed by atoms with Gasteiger partial charge in [0, 0.05) is 12.8 Å². The summed E-state index contributed by atoms with van der Waals surface area (Å²) >= 11 is 0. The molecule has 822 valence electrons. The van der Waals surface area contributed by atoms with E-state index in [4.69, 9.17) is 106 Å². The van der Waals surface area contributed by atoms with Gasteiger partial charge in [-0.2, -0.15) is 0 Å². The summed E-state index contributed by atoms with van der Waals surface area (Å²) in [6, 6.07) is -3.68. The Kier molecular flexibility index (Phi) is 42.8. The summed E-state index contributed by atoms with van der Waals surface area (Å²) < 4.78 is 117. The predicted octanol–water partition coefficient (Wildman–Crippen LogP) is -28.8. The summed E-state index contributed by atoms with van der Waals surface area (Å²) in [6.45, 7) is -15.1. The Morgan fingerprint density at radius 3 is 1.23 bits per heavy atom. The Bertz CT molecular complexity index is 3820. The highest BCUT2D eigenvalue weighted by Gasteiger charge is 2.67. The standard InChI is InChI=1S/C75H128N2O64/c76-27(29(96)15(87)3-78)22(94)11-122-64-28(77)33(100)32(99)26(126-64)13-124-74(72(118)119)2-24(139-75(73(120)121)1-14(86)30(97)53(140-75)19(91)7-82)56(55(141-74)21(93)9-84)132-69-48(115)58(62(54(131-69)20(92)8-83)138-66-44(111)34(101)31(98)25(10-85)125-66)134-68-47(114)57(46(113)52(129-68)23(95)12-123-65-43(110)35(102)37(104)49(127-65)16(88)4-79)133-71-61(42(109)40(107)59(135-71)63(116)117)137-70-60(41(108)39(106)51(130-70)18(90)6-81)136-67-45(112)36(103)38(105)50(128-67)17(89)5-80/h14-62,64-71,78-115H,1-13,76-77H2,(H,116,117)(H,118,119)(H,120,121)/t14-,15+,16+,17+,18-,19-,20+,21-,22-,23+,24-,25-,26-,27-,28-,29-,30-,31-,32-,33-,34+,35+,36+,37+,38+,39+,40-,41+,42+,43+,44-,45+,46-,47+,48+,49-,50-,51-,52-,53-,54-,55-,56-,57+,58-,59+,60+,61-,62-,64-,65+,66+,67-,68-,69-,70-,71+,74-,75-/m1/s1. The van der Waals surface area contributed by atoms with Crippen LogP contribution >= 0.6 is 0 Å². The Morgan fingerprint density at radius 2 is 0.709 bits per heavy atom. The van der Waals surface area contributed by atoms with Gasteiger partial charge in [-0.1, -0.05) is 0 Å². The molecule has 0 radical (unpaired) electrons. The van der Waals surface area contributed by atoms with E-state index in [1.165, 1.54) is 0 Å². The van der Waals surface area contributed by atoms with Crippen molar-refractivity contribution in [3.8, 4) is 0 Å². The quantitative estimate of drug-likeness (QED) is 0.0269. The van der Waals surface area contributed by atoms with E-state index in [2.05, 4.69) is 0 Å². The molecular weight excluding hydrogens is 1950 g/mol. The van der Waals surface area contributed by atoms with Crippen LogP contribution in [0.3, 0.4) is 0 Å². The van der Waals surface area contributed by atoms with Gasteiger partial charge in [-0.3, -0.25) is 0 Å². The van der Waals surface area contributed by atoms with E-state index in [9.17, 15) is 224 Å². The lowest BCUT2D eigenvalue weighted by atomic mass is 9.89. The average Bonchev–Trinajstić information content (AvgIpc) is 0.716. The van der Waals surface area contributed by atoms with Crippen molar-refractivity contribution in [2.24, 2.45) is 11.5 Å². The molecule has 0 saturated carbocycles. The first-order chi connectivity index (χ1) is 66.2. The average molecular weight is 2080 g/mol. The van der Waals surface area contributed by atoms with E-state index >= 15 is 0 Å². The molecule has 45 N–H and O–H groups in total. The number of rotatable bonds is 44. The number of carboxylic acids is 3. The maximum absolute atomic E-state index is 14.2. The van der Waals surface area contributed by atoms with Crippen LogP contribution < -0.4 is 11.5 Å². The van der Waals surface area contributed by atoms with Gasteiger partial charge < -0.3 is 316 Å². The molecule has 10 rings (SSSR count). The minimum Gasteiger partial charge on any atom is -0.479 e. The van der Waals surface area contributed by atoms with Crippen LogP contribution in [0.1, 0.15) is 12.8 Å². The highest BCUT2D eigenvalue weighted by molar-refractivity contribution is 5.77. The van der Waals surface area contributed by atoms with Crippen molar-refractivity contribution < 1.29 is 318 Å². The van der Waals surface area contributed by atoms with Gasteiger partial charge in [0.1, 0.15) is 256 Å². The summed E-state index contributed by atoms with van der Waals surface area (Å²) in [5.41, 5.74) is 11.9. The molecule has 0 spiro atoms. The minimum atomic E-state index is -3.74. The Balaban J connectivity index is 1.10. The molecule has 0 aromatic rings. The second-order valence-electron chi connectivity index (χ2n) is 35.2. The van der Waals surface area contributed by atoms with Gasteiger partial charge in [0.2, 0.25) is 0 Å². The number of hydrogen-bond acceptors (Lipinski definition) is 63. The summed E-state index contributed by atoms with van der Waals surface area (Å²) in [5, 5.41) is 456. The van der Waals surface area contributed by atoms with Gasteiger partial charge in [-0.05, 0) is 0 Å². The fourth-order valence-electron chi connectivity index (χ4n) is 17.3. The lowest BCUT2D eigenvalue weighted by molar-refractivity contribution is -0.421. The molecule has 59 atom stereocenters. The number of ether oxygens (including phenoxy) is 20. The minimum absolute atomic E-state index is 1.03. The predicted molar refractivity (Wildman–Crippen MR) is 421 cm³/mol. The zero-order valence-corrected chi connectivity index (χ0v) is 73.5. The summed E-state index contributed by atoms with van der Waals surface area (Å²) in [7, 11) is 0. The van der Waals surface area contributed by atoms with E-state index in [-0.39, 0.29) is 0 Å². The maximum Gasteiger partial charge on any atom is 0.364 e. The third kappa shape index (κ3) is 25.6. The van der Waals surface area contributed by atoms with E-state index in [0.717, 1.165) is 0 Å². The smallest absolute Gasteiger partial charge is 0.364 e. The van der Waals surface area contributed by atoms with Gasteiger partial charge in [0.05, 0.1) is 109 Å². The first-order valence-corrected chi connectivity index (χ1v) is 43.8. The number of carbonyl (C=O) groups is 3. The maximum atomic E-state index is 14.2. The highest BCUT2D eigenvalue weighted by Crippen LogP contribution is 2.46. The van der Waals surface area contributed by atoms with E-state index in [1.54, 1.807) is 0 Å².